The van der Waals surface area contributed by atoms with Gasteiger partial charge < -0.3 is 9.47 Å². The Hall–Kier alpha value is -0.570. The Morgan fingerprint density at radius 2 is 2.08 bits per heavy atom. The van der Waals surface area contributed by atoms with Crippen molar-refractivity contribution < 1.29 is 14.3 Å². The van der Waals surface area contributed by atoms with Crippen molar-refractivity contribution in [3.8, 4) is 0 Å². The Morgan fingerprint density at radius 1 is 1.46 bits per heavy atom. The first kappa shape index (κ1) is 10.5. The summed E-state index contributed by atoms with van der Waals surface area (Å²) in [6, 6.07) is 0. The van der Waals surface area contributed by atoms with Crippen LogP contribution in [0, 0.1) is 11.8 Å². The molecule has 76 valence electrons. The van der Waals surface area contributed by atoms with Crippen LogP contribution in [0.2, 0.25) is 0 Å². The largest absolute Gasteiger partial charge is 0.463 e. The van der Waals surface area contributed by atoms with E-state index >= 15 is 0 Å². The van der Waals surface area contributed by atoms with Crippen LogP contribution in [0.15, 0.2) is 0 Å². The molecule has 0 aromatic carbocycles. The highest BCUT2D eigenvalue weighted by Gasteiger charge is 2.27. The van der Waals surface area contributed by atoms with Crippen LogP contribution in [0.4, 0.5) is 0 Å². The van der Waals surface area contributed by atoms with Crippen LogP contribution in [0.1, 0.15) is 26.7 Å². The van der Waals surface area contributed by atoms with Crippen LogP contribution in [-0.2, 0) is 14.3 Å². The molecule has 0 bridgehead atoms. The van der Waals surface area contributed by atoms with Crippen molar-refractivity contribution in [1.82, 2.24) is 0 Å². The van der Waals surface area contributed by atoms with Crippen molar-refractivity contribution in [3.63, 3.8) is 0 Å². The predicted octanol–water partition coefficient (Wildman–Crippen LogP) is 1.61. The summed E-state index contributed by atoms with van der Waals surface area (Å²) >= 11 is 0. The topological polar surface area (TPSA) is 35.5 Å². The first-order valence-electron chi connectivity index (χ1n) is 4.84. The van der Waals surface area contributed by atoms with Gasteiger partial charge in [-0.1, -0.05) is 13.8 Å². The molecule has 0 N–H and O–H groups in total. The summed E-state index contributed by atoms with van der Waals surface area (Å²) in [5.74, 6) is 0.578. The molecule has 1 aliphatic carbocycles. The van der Waals surface area contributed by atoms with E-state index in [1.54, 1.807) is 7.11 Å². The minimum atomic E-state index is -0.404. The molecule has 1 saturated carbocycles. The molecule has 13 heavy (non-hydrogen) atoms. The Kier molecular flexibility index (Phi) is 3.72. The minimum Gasteiger partial charge on any atom is -0.463 e. The van der Waals surface area contributed by atoms with Gasteiger partial charge in [0.15, 0.2) is 6.10 Å². The summed E-state index contributed by atoms with van der Waals surface area (Å²) in [4.78, 5) is 11.4. The highest BCUT2D eigenvalue weighted by molar-refractivity contribution is 5.74. The Balaban J connectivity index is 2.25. The number of ether oxygens (including phenoxy) is 2. The van der Waals surface area contributed by atoms with Gasteiger partial charge in [-0.3, -0.25) is 0 Å². The third-order valence-electron chi connectivity index (χ3n) is 2.25. The molecule has 0 aromatic rings. The van der Waals surface area contributed by atoms with E-state index in [-0.39, 0.29) is 11.9 Å². The van der Waals surface area contributed by atoms with Crippen LogP contribution in [-0.4, -0.2) is 25.8 Å². The van der Waals surface area contributed by atoms with Crippen molar-refractivity contribution in [1.29, 1.82) is 0 Å². The fraction of sp³-hybridized carbons (Fsp3) is 0.900. The monoisotopic (exact) mass is 186 g/mol. The lowest BCUT2D eigenvalue weighted by atomic mass is 10.1. The number of carbonyl (C=O) groups is 1. The summed E-state index contributed by atoms with van der Waals surface area (Å²) in [5, 5.41) is 0. The lowest BCUT2D eigenvalue weighted by molar-refractivity contribution is -0.158. The fourth-order valence-corrected chi connectivity index (χ4v) is 1.21. The standard InChI is InChI=1S/C10H18O3/c1-7(2)9(12-3)10(11)13-6-8-4-5-8/h7-9H,4-6H2,1-3H3. The van der Waals surface area contributed by atoms with Gasteiger partial charge in [-0.25, -0.2) is 4.79 Å². The molecule has 0 aliphatic heterocycles. The maximum Gasteiger partial charge on any atom is 0.335 e. The SMILES string of the molecule is COC(C(=O)OCC1CC1)C(C)C. The molecule has 0 amide bonds. The summed E-state index contributed by atoms with van der Waals surface area (Å²) < 4.78 is 10.2. The van der Waals surface area contributed by atoms with E-state index in [9.17, 15) is 4.79 Å². The van der Waals surface area contributed by atoms with Crippen LogP contribution in [0.3, 0.4) is 0 Å². The summed E-state index contributed by atoms with van der Waals surface area (Å²) in [5.41, 5.74) is 0. The molecule has 0 saturated heterocycles. The van der Waals surface area contributed by atoms with E-state index in [4.69, 9.17) is 9.47 Å². The van der Waals surface area contributed by atoms with E-state index in [0.29, 0.717) is 12.5 Å². The average molecular weight is 186 g/mol. The summed E-state index contributed by atoms with van der Waals surface area (Å²) in [6.07, 6.45) is 2.00. The number of rotatable bonds is 5. The number of methoxy groups -OCH3 is 1. The van der Waals surface area contributed by atoms with Crippen LogP contribution in [0.25, 0.3) is 0 Å². The van der Waals surface area contributed by atoms with E-state index in [1.807, 2.05) is 13.8 Å². The van der Waals surface area contributed by atoms with Crippen molar-refractivity contribution in [2.45, 2.75) is 32.8 Å². The van der Waals surface area contributed by atoms with E-state index in [1.165, 1.54) is 12.8 Å². The molecule has 0 heterocycles. The first-order valence-corrected chi connectivity index (χ1v) is 4.84. The lowest BCUT2D eigenvalue weighted by Gasteiger charge is -2.17. The Bertz CT molecular complexity index is 173. The summed E-state index contributed by atoms with van der Waals surface area (Å²) in [7, 11) is 1.54. The maximum absolute atomic E-state index is 11.4. The minimum absolute atomic E-state index is 0.178. The smallest absolute Gasteiger partial charge is 0.335 e. The molecule has 1 unspecified atom stereocenters. The molecular formula is C10H18O3. The molecule has 0 radical (unpaired) electrons. The molecule has 1 fully saturated rings. The van der Waals surface area contributed by atoms with Crippen LogP contribution < -0.4 is 0 Å². The quantitative estimate of drug-likeness (QED) is 0.612. The van der Waals surface area contributed by atoms with Crippen molar-refractivity contribution >= 4 is 5.97 Å². The number of hydrogen-bond acceptors (Lipinski definition) is 3. The van der Waals surface area contributed by atoms with E-state index < -0.39 is 6.10 Å². The maximum atomic E-state index is 11.4. The van der Waals surface area contributed by atoms with Gasteiger partial charge in [0.05, 0.1) is 6.61 Å². The molecule has 1 atom stereocenters. The molecule has 1 rings (SSSR count). The number of carbonyl (C=O) groups excluding carboxylic acids is 1. The van der Waals surface area contributed by atoms with Crippen molar-refractivity contribution in [2.75, 3.05) is 13.7 Å². The highest BCUT2D eigenvalue weighted by atomic mass is 16.6. The third kappa shape index (κ3) is 3.35. The van der Waals surface area contributed by atoms with Crippen molar-refractivity contribution in [2.24, 2.45) is 11.8 Å². The zero-order chi connectivity index (χ0) is 9.84. The molecule has 1 aliphatic rings. The van der Waals surface area contributed by atoms with Gasteiger partial charge in [-0.15, -0.1) is 0 Å². The zero-order valence-electron chi connectivity index (χ0n) is 8.58. The predicted molar refractivity (Wildman–Crippen MR) is 49.3 cm³/mol. The van der Waals surface area contributed by atoms with Crippen LogP contribution >= 0.6 is 0 Å². The van der Waals surface area contributed by atoms with Gasteiger partial charge >= 0.3 is 5.97 Å². The van der Waals surface area contributed by atoms with Gasteiger partial charge in [-0.05, 0) is 24.7 Å². The van der Waals surface area contributed by atoms with E-state index in [0.717, 1.165) is 0 Å². The molecular weight excluding hydrogens is 168 g/mol. The Morgan fingerprint density at radius 3 is 2.46 bits per heavy atom. The molecule has 3 nitrogen and oxygen atoms in total. The third-order valence-corrected chi connectivity index (χ3v) is 2.25. The fourth-order valence-electron chi connectivity index (χ4n) is 1.21. The lowest BCUT2D eigenvalue weighted by Crippen LogP contribution is -2.30. The Labute approximate surface area is 79.4 Å². The van der Waals surface area contributed by atoms with E-state index in [2.05, 4.69) is 0 Å². The van der Waals surface area contributed by atoms with Gasteiger partial charge in [0.2, 0.25) is 0 Å². The van der Waals surface area contributed by atoms with Gasteiger partial charge in [0, 0.05) is 7.11 Å². The average Bonchev–Trinajstić information content (AvgIpc) is 2.84. The van der Waals surface area contributed by atoms with Gasteiger partial charge in [-0.2, -0.15) is 0 Å². The molecule has 0 aromatic heterocycles. The molecule has 3 heteroatoms. The normalized spacial score (nSPS) is 18.8. The number of hydrogen-bond donors (Lipinski definition) is 0. The van der Waals surface area contributed by atoms with Gasteiger partial charge in [0.1, 0.15) is 0 Å². The summed E-state index contributed by atoms with van der Waals surface area (Å²) in [6.45, 7) is 4.48. The first-order chi connectivity index (χ1) is 6.15. The van der Waals surface area contributed by atoms with Crippen LogP contribution in [0.5, 0.6) is 0 Å². The van der Waals surface area contributed by atoms with Crippen molar-refractivity contribution in [3.05, 3.63) is 0 Å². The zero-order valence-corrected chi connectivity index (χ0v) is 8.58. The second kappa shape index (κ2) is 4.61. The highest BCUT2D eigenvalue weighted by Crippen LogP contribution is 2.29. The second-order valence-corrected chi connectivity index (χ2v) is 3.97. The molecule has 0 spiro atoms. The number of esters is 1. The van der Waals surface area contributed by atoms with Gasteiger partial charge in [0.25, 0.3) is 0 Å². The second-order valence-electron chi connectivity index (χ2n) is 3.97.